The smallest absolute Gasteiger partial charge is 0.254 e. The van der Waals surface area contributed by atoms with E-state index < -0.39 is 23.6 Å². The van der Waals surface area contributed by atoms with Gasteiger partial charge in [0.1, 0.15) is 17.7 Å². The van der Waals surface area contributed by atoms with Crippen molar-refractivity contribution in [1.29, 1.82) is 0 Å². The second-order valence-corrected chi connectivity index (χ2v) is 7.83. The van der Waals surface area contributed by atoms with Crippen LogP contribution in [0.25, 0.3) is 0 Å². The first-order chi connectivity index (χ1) is 14.8. The van der Waals surface area contributed by atoms with Crippen LogP contribution in [0.3, 0.4) is 0 Å². The zero-order chi connectivity index (χ0) is 22.5. The molecular formula is C23H25F2N3O3. The van der Waals surface area contributed by atoms with Crippen molar-refractivity contribution in [2.24, 2.45) is 5.92 Å². The van der Waals surface area contributed by atoms with Crippen molar-refractivity contribution >= 4 is 17.7 Å². The van der Waals surface area contributed by atoms with E-state index in [1.807, 2.05) is 13.8 Å². The molecular weight excluding hydrogens is 404 g/mol. The van der Waals surface area contributed by atoms with Crippen LogP contribution in [0.1, 0.15) is 34.6 Å². The van der Waals surface area contributed by atoms with E-state index in [0.717, 1.165) is 0 Å². The molecule has 1 fully saturated rings. The number of nitrogens with zero attached hydrogens (tertiary/aromatic N) is 2. The van der Waals surface area contributed by atoms with Crippen LogP contribution in [-0.2, 0) is 4.79 Å². The monoisotopic (exact) mass is 429 g/mol. The van der Waals surface area contributed by atoms with E-state index >= 15 is 0 Å². The van der Waals surface area contributed by atoms with Crippen molar-refractivity contribution in [3.63, 3.8) is 0 Å². The largest absolute Gasteiger partial charge is 0.340 e. The van der Waals surface area contributed by atoms with Gasteiger partial charge >= 0.3 is 0 Å². The average molecular weight is 429 g/mol. The lowest BCUT2D eigenvalue weighted by molar-refractivity contribution is -0.135. The molecule has 3 amide bonds. The Morgan fingerprint density at radius 3 is 2.03 bits per heavy atom. The molecule has 0 saturated carbocycles. The summed E-state index contributed by atoms with van der Waals surface area (Å²) < 4.78 is 26.5. The number of hydrogen-bond donors (Lipinski definition) is 1. The van der Waals surface area contributed by atoms with Gasteiger partial charge in [-0.1, -0.05) is 19.9 Å². The predicted octanol–water partition coefficient (Wildman–Crippen LogP) is 2.70. The van der Waals surface area contributed by atoms with Crippen molar-refractivity contribution < 1.29 is 23.2 Å². The van der Waals surface area contributed by atoms with Crippen LogP contribution in [0.2, 0.25) is 0 Å². The number of nitrogens with one attached hydrogen (secondary N) is 1. The molecule has 164 valence electrons. The van der Waals surface area contributed by atoms with Crippen molar-refractivity contribution in [1.82, 2.24) is 15.1 Å². The first kappa shape index (κ1) is 22.4. The molecule has 2 aromatic rings. The van der Waals surface area contributed by atoms with E-state index in [4.69, 9.17) is 0 Å². The van der Waals surface area contributed by atoms with E-state index in [9.17, 15) is 23.2 Å². The Balaban J connectivity index is 1.61. The van der Waals surface area contributed by atoms with Gasteiger partial charge in [0.2, 0.25) is 5.91 Å². The molecule has 1 heterocycles. The number of hydrogen-bond acceptors (Lipinski definition) is 3. The highest BCUT2D eigenvalue weighted by Gasteiger charge is 2.32. The summed E-state index contributed by atoms with van der Waals surface area (Å²) in [5.41, 5.74) is 0.539. The number of piperazine rings is 1. The summed E-state index contributed by atoms with van der Waals surface area (Å²) in [6, 6.07) is 9.88. The van der Waals surface area contributed by atoms with E-state index in [0.29, 0.717) is 26.2 Å². The molecule has 8 heteroatoms. The fourth-order valence-electron chi connectivity index (χ4n) is 3.47. The van der Waals surface area contributed by atoms with E-state index in [1.54, 1.807) is 15.9 Å². The molecule has 1 aliphatic rings. The Kier molecular flexibility index (Phi) is 6.99. The van der Waals surface area contributed by atoms with Gasteiger partial charge in [0.15, 0.2) is 0 Å². The standard InChI is InChI=1S/C23H25F2N3O3/c1-15(2)20(26-21(29)16-6-8-18(24)9-7-16)23(31)28-12-10-27(11-13-28)22(30)17-4-3-5-19(25)14-17/h3-9,14-15,20H,10-13H2,1-2H3,(H,26,29). The SMILES string of the molecule is CC(C)C(NC(=O)c1ccc(F)cc1)C(=O)N1CCN(C(=O)c2cccc(F)c2)CC1. The zero-order valence-electron chi connectivity index (χ0n) is 17.5. The van der Waals surface area contributed by atoms with Crippen LogP contribution in [-0.4, -0.2) is 59.7 Å². The Morgan fingerprint density at radius 2 is 1.45 bits per heavy atom. The van der Waals surface area contributed by atoms with Crippen LogP contribution in [0.5, 0.6) is 0 Å². The number of rotatable bonds is 5. The van der Waals surface area contributed by atoms with Gasteiger partial charge in [-0.3, -0.25) is 14.4 Å². The van der Waals surface area contributed by atoms with Gasteiger partial charge in [0.25, 0.3) is 11.8 Å². The molecule has 1 N–H and O–H groups in total. The lowest BCUT2D eigenvalue weighted by atomic mass is 10.0. The summed E-state index contributed by atoms with van der Waals surface area (Å²) in [5.74, 6) is -2.05. The van der Waals surface area contributed by atoms with Crippen molar-refractivity contribution in [3.05, 3.63) is 71.3 Å². The second-order valence-electron chi connectivity index (χ2n) is 7.83. The van der Waals surface area contributed by atoms with Crippen LogP contribution in [0.4, 0.5) is 8.78 Å². The molecule has 0 aromatic heterocycles. The van der Waals surface area contributed by atoms with Gasteiger partial charge in [-0.05, 0) is 48.4 Å². The summed E-state index contributed by atoms with van der Waals surface area (Å²) in [5, 5.41) is 2.74. The third-order valence-corrected chi connectivity index (χ3v) is 5.28. The van der Waals surface area contributed by atoms with Crippen molar-refractivity contribution in [2.45, 2.75) is 19.9 Å². The number of carbonyl (C=O) groups is 3. The van der Waals surface area contributed by atoms with Crippen LogP contribution >= 0.6 is 0 Å². The van der Waals surface area contributed by atoms with Crippen LogP contribution < -0.4 is 5.32 Å². The Hall–Kier alpha value is -3.29. The lowest BCUT2D eigenvalue weighted by Gasteiger charge is -2.37. The highest BCUT2D eigenvalue weighted by atomic mass is 19.1. The van der Waals surface area contributed by atoms with E-state index in [1.165, 1.54) is 42.5 Å². The number of carbonyl (C=O) groups excluding carboxylic acids is 3. The van der Waals surface area contributed by atoms with Gasteiger partial charge in [0, 0.05) is 37.3 Å². The molecule has 1 unspecified atom stereocenters. The minimum absolute atomic E-state index is 0.163. The minimum Gasteiger partial charge on any atom is -0.340 e. The summed E-state index contributed by atoms with van der Waals surface area (Å²) in [4.78, 5) is 41.3. The van der Waals surface area contributed by atoms with E-state index in [2.05, 4.69) is 5.32 Å². The van der Waals surface area contributed by atoms with Crippen LogP contribution in [0, 0.1) is 17.6 Å². The summed E-state index contributed by atoms with van der Waals surface area (Å²) >= 11 is 0. The van der Waals surface area contributed by atoms with Gasteiger partial charge < -0.3 is 15.1 Å². The fourth-order valence-corrected chi connectivity index (χ4v) is 3.47. The van der Waals surface area contributed by atoms with Gasteiger partial charge in [-0.25, -0.2) is 8.78 Å². The van der Waals surface area contributed by atoms with Crippen LogP contribution in [0.15, 0.2) is 48.5 Å². The molecule has 0 aliphatic carbocycles. The summed E-state index contributed by atoms with van der Waals surface area (Å²) in [6.45, 7) is 4.93. The number of amides is 3. The Morgan fingerprint density at radius 1 is 0.839 bits per heavy atom. The molecule has 6 nitrogen and oxygen atoms in total. The number of halogens is 2. The Bertz CT molecular complexity index is 955. The molecule has 3 rings (SSSR count). The van der Waals surface area contributed by atoms with Crippen molar-refractivity contribution in [3.8, 4) is 0 Å². The first-order valence-corrected chi connectivity index (χ1v) is 10.2. The maximum Gasteiger partial charge on any atom is 0.254 e. The van der Waals surface area contributed by atoms with E-state index in [-0.39, 0.29) is 28.9 Å². The zero-order valence-corrected chi connectivity index (χ0v) is 17.5. The molecule has 0 spiro atoms. The maximum atomic E-state index is 13.4. The molecule has 1 saturated heterocycles. The lowest BCUT2D eigenvalue weighted by Crippen LogP contribution is -2.57. The molecule has 1 atom stereocenters. The van der Waals surface area contributed by atoms with Crippen molar-refractivity contribution in [2.75, 3.05) is 26.2 Å². The third-order valence-electron chi connectivity index (χ3n) is 5.28. The highest BCUT2D eigenvalue weighted by Crippen LogP contribution is 2.14. The third kappa shape index (κ3) is 5.45. The molecule has 31 heavy (non-hydrogen) atoms. The average Bonchev–Trinajstić information content (AvgIpc) is 2.76. The summed E-state index contributed by atoms with van der Waals surface area (Å²) in [7, 11) is 0. The molecule has 2 aromatic carbocycles. The number of benzene rings is 2. The Labute approximate surface area is 179 Å². The maximum absolute atomic E-state index is 13.4. The first-order valence-electron chi connectivity index (χ1n) is 10.2. The topological polar surface area (TPSA) is 69.7 Å². The van der Waals surface area contributed by atoms with Gasteiger partial charge in [-0.2, -0.15) is 0 Å². The van der Waals surface area contributed by atoms with Gasteiger partial charge in [-0.15, -0.1) is 0 Å². The molecule has 0 bridgehead atoms. The highest BCUT2D eigenvalue weighted by molar-refractivity contribution is 5.98. The van der Waals surface area contributed by atoms with Gasteiger partial charge in [0.05, 0.1) is 0 Å². The molecule has 1 aliphatic heterocycles. The normalized spacial score (nSPS) is 15.0. The quantitative estimate of drug-likeness (QED) is 0.795. The second kappa shape index (κ2) is 9.68. The predicted molar refractivity (Wildman–Crippen MR) is 111 cm³/mol. The molecule has 0 radical (unpaired) electrons. The minimum atomic E-state index is -0.747. The fraction of sp³-hybridized carbons (Fsp3) is 0.348. The summed E-state index contributed by atoms with van der Waals surface area (Å²) in [6.07, 6.45) is 0.